The van der Waals surface area contributed by atoms with Gasteiger partial charge >= 0.3 is 0 Å². The number of hydrogen-bond acceptors (Lipinski definition) is 7. The number of anilines is 2. The summed E-state index contributed by atoms with van der Waals surface area (Å²) in [7, 11) is 0. The number of fused-ring (bicyclic) bond motifs is 1. The molecule has 3 heterocycles. The van der Waals surface area contributed by atoms with E-state index in [0.717, 1.165) is 5.56 Å². The van der Waals surface area contributed by atoms with Crippen LogP contribution in [0.15, 0.2) is 36.4 Å². The van der Waals surface area contributed by atoms with Crippen molar-refractivity contribution >= 4 is 40.5 Å². The highest BCUT2D eigenvalue weighted by Crippen LogP contribution is 2.25. The minimum atomic E-state index is -0.340. The standard InChI is InChI=1S/C24H26FN7O3/c1-15(33)27-24-29-20-8-7-19(17-3-5-18(25)6-4-17)28-22(20)23(30-24)26-10-9-21(35)32-13-11-31(12-14-32)16(2)34/h3-8H,9-14H2,1-2H3,(H2,26,27,29,30,33). The van der Waals surface area contributed by atoms with Gasteiger partial charge in [0.1, 0.15) is 11.3 Å². The van der Waals surface area contributed by atoms with Crippen LogP contribution in [-0.4, -0.2) is 75.2 Å². The van der Waals surface area contributed by atoms with Crippen LogP contribution in [0.1, 0.15) is 20.3 Å². The lowest BCUT2D eigenvalue weighted by molar-refractivity contribution is -0.138. The second-order valence-electron chi connectivity index (χ2n) is 8.21. The van der Waals surface area contributed by atoms with Gasteiger partial charge in [-0.2, -0.15) is 4.98 Å². The highest BCUT2D eigenvalue weighted by atomic mass is 19.1. The van der Waals surface area contributed by atoms with Gasteiger partial charge in [-0.05, 0) is 36.4 Å². The van der Waals surface area contributed by atoms with Gasteiger partial charge < -0.3 is 15.1 Å². The summed E-state index contributed by atoms with van der Waals surface area (Å²) in [5.74, 6) is -0.177. The molecule has 4 rings (SSSR count). The molecule has 0 bridgehead atoms. The first-order chi connectivity index (χ1) is 16.8. The Labute approximate surface area is 201 Å². The number of benzene rings is 1. The first-order valence-electron chi connectivity index (χ1n) is 11.3. The van der Waals surface area contributed by atoms with E-state index in [4.69, 9.17) is 0 Å². The van der Waals surface area contributed by atoms with Crippen molar-refractivity contribution in [3.8, 4) is 11.3 Å². The van der Waals surface area contributed by atoms with E-state index in [1.54, 1.807) is 34.1 Å². The molecule has 0 radical (unpaired) electrons. The zero-order chi connectivity index (χ0) is 24.9. The predicted molar refractivity (Wildman–Crippen MR) is 129 cm³/mol. The molecular formula is C24H26FN7O3. The molecule has 3 aromatic rings. The molecular weight excluding hydrogens is 453 g/mol. The van der Waals surface area contributed by atoms with E-state index in [1.165, 1.54) is 26.0 Å². The summed E-state index contributed by atoms with van der Waals surface area (Å²) in [6, 6.07) is 9.49. The number of nitrogens with one attached hydrogen (secondary N) is 2. The van der Waals surface area contributed by atoms with Gasteiger partial charge in [0.2, 0.25) is 23.7 Å². The van der Waals surface area contributed by atoms with Gasteiger partial charge in [0.05, 0.1) is 11.2 Å². The predicted octanol–water partition coefficient (Wildman–Crippen LogP) is 2.28. The number of aromatic nitrogens is 3. The lowest BCUT2D eigenvalue weighted by Gasteiger charge is -2.34. The van der Waals surface area contributed by atoms with Gasteiger partial charge in [-0.1, -0.05) is 0 Å². The summed E-state index contributed by atoms with van der Waals surface area (Å²) in [5, 5.41) is 5.73. The van der Waals surface area contributed by atoms with Crippen molar-refractivity contribution in [3.63, 3.8) is 0 Å². The minimum absolute atomic E-state index is 0.0110. The number of amides is 3. The maximum absolute atomic E-state index is 13.3. The molecule has 1 aromatic carbocycles. The molecule has 0 aliphatic carbocycles. The van der Waals surface area contributed by atoms with E-state index < -0.39 is 0 Å². The maximum Gasteiger partial charge on any atom is 0.232 e. The van der Waals surface area contributed by atoms with Gasteiger partial charge in [0.25, 0.3) is 0 Å². The molecule has 1 aliphatic heterocycles. The van der Waals surface area contributed by atoms with Crippen LogP contribution in [0, 0.1) is 5.82 Å². The normalized spacial score (nSPS) is 13.6. The zero-order valence-corrected chi connectivity index (χ0v) is 19.5. The van der Waals surface area contributed by atoms with Crippen LogP contribution in [0.5, 0.6) is 0 Å². The average Bonchev–Trinajstić information content (AvgIpc) is 2.84. The molecule has 11 heteroatoms. The van der Waals surface area contributed by atoms with Gasteiger partial charge in [-0.15, -0.1) is 0 Å². The fourth-order valence-electron chi connectivity index (χ4n) is 3.85. The molecule has 1 saturated heterocycles. The van der Waals surface area contributed by atoms with Crippen molar-refractivity contribution in [3.05, 3.63) is 42.2 Å². The number of carbonyl (C=O) groups is 3. The molecule has 182 valence electrons. The number of piperazine rings is 1. The van der Waals surface area contributed by atoms with Crippen molar-refractivity contribution < 1.29 is 18.8 Å². The molecule has 0 saturated carbocycles. The van der Waals surface area contributed by atoms with E-state index in [9.17, 15) is 18.8 Å². The van der Waals surface area contributed by atoms with Crippen LogP contribution >= 0.6 is 0 Å². The lowest BCUT2D eigenvalue weighted by Crippen LogP contribution is -2.50. The van der Waals surface area contributed by atoms with Crippen molar-refractivity contribution in [2.24, 2.45) is 0 Å². The summed E-state index contributed by atoms with van der Waals surface area (Å²) in [4.78, 5) is 52.5. The number of halogens is 1. The van der Waals surface area contributed by atoms with Crippen molar-refractivity contribution in [2.45, 2.75) is 20.3 Å². The van der Waals surface area contributed by atoms with E-state index in [2.05, 4.69) is 25.6 Å². The molecule has 3 amide bonds. The first kappa shape index (κ1) is 24.0. The average molecular weight is 480 g/mol. The fraction of sp³-hybridized carbons (Fsp3) is 0.333. The molecule has 1 fully saturated rings. The van der Waals surface area contributed by atoms with Crippen LogP contribution in [0.3, 0.4) is 0 Å². The Kier molecular flexibility index (Phi) is 7.14. The van der Waals surface area contributed by atoms with Crippen LogP contribution in [-0.2, 0) is 14.4 Å². The van der Waals surface area contributed by atoms with Crippen molar-refractivity contribution in [1.82, 2.24) is 24.8 Å². The van der Waals surface area contributed by atoms with Crippen LogP contribution < -0.4 is 10.6 Å². The quantitative estimate of drug-likeness (QED) is 0.556. The highest BCUT2D eigenvalue weighted by molar-refractivity contribution is 5.92. The number of carbonyl (C=O) groups excluding carboxylic acids is 3. The van der Waals surface area contributed by atoms with Gasteiger partial charge in [-0.3, -0.25) is 19.7 Å². The Morgan fingerprint density at radius 2 is 1.60 bits per heavy atom. The summed E-state index contributed by atoms with van der Waals surface area (Å²) >= 11 is 0. The Hall–Kier alpha value is -4.15. The molecule has 0 unspecified atom stereocenters. The Morgan fingerprint density at radius 3 is 2.26 bits per heavy atom. The summed E-state index contributed by atoms with van der Waals surface area (Å²) in [5.41, 5.74) is 2.30. The first-order valence-corrected chi connectivity index (χ1v) is 11.3. The second-order valence-corrected chi connectivity index (χ2v) is 8.21. The number of hydrogen-bond donors (Lipinski definition) is 2. The maximum atomic E-state index is 13.3. The van der Waals surface area contributed by atoms with Gasteiger partial charge in [0, 0.05) is 58.6 Å². The van der Waals surface area contributed by atoms with E-state index in [-0.39, 0.29) is 35.9 Å². The van der Waals surface area contributed by atoms with E-state index in [0.29, 0.717) is 55.3 Å². The Bertz CT molecular complexity index is 1260. The topological polar surface area (TPSA) is 120 Å². The molecule has 0 atom stereocenters. The SMILES string of the molecule is CC(=O)Nc1nc(NCCC(=O)N2CCN(C(C)=O)CC2)c2nc(-c3ccc(F)cc3)ccc2n1. The number of nitrogens with zero attached hydrogens (tertiary/aromatic N) is 5. The molecule has 2 N–H and O–H groups in total. The summed E-state index contributed by atoms with van der Waals surface area (Å²) in [6.45, 7) is 5.25. The number of pyridine rings is 1. The molecule has 2 aromatic heterocycles. The smallest absolute Gasteiger partial charge is 0.232 e. The van der Waals surface area contributed by atoms with E-state index >= 15 is 0 Å². The monoisotopic (exact) mass is 479 g/mol. The Morgan fingerprint density at radius 1 is 0.914 bits per heavy atom. The minimum Gasteiger partial charge on any atom is -0.368 e. The third kappa shape index (κ3) is 5.86. The molecule has 35 heavy (non-hydrogen) atoms. The van der Waals surface area contributed by atoms with Crippen molar-refractivity contribution in [1.29, 1.82) is 0 Å². The van der Waals surface area contributed by atoms with Crippen LogP contribution in [0.4, 0.5) is 16.2 Å². The van der Waals surface area contributed by atoms with Gasteiger partial charge in [-0.25, -0.2) is 14.4 Å². The second kappa shape index (κ2) is 10.4. The lowest BCUT2D eigenvalue weighted by atomic mass is 10.1. The van der Waals surface area contributed by atoms with Gasteiger partial charge in [0.15, 0.2) is 5.82 Å². The zero-order valence-electron chi connectivity index (χ0n) is 19.5. The molecule has 0 spiro atoms. The Balaban J connectivity index is 1.52. The van der Waals surface area contributed by atoms with E-state index in [1.807, 2.05) is 0 Å². The third-order valence-electron chi connectivity index (χ3n) is 5.68. The highest BCUT2D eigenvalue weighted by Gasteiger charge is 2.22. The largest absolute Gasteiger partial charge is 0.368 e. The fourth-order valence-corrected chi connectivity index (χ4v) is 3.85. The van der Waals surface area contributed by atoms with Crippen LogP contribution in [0.25, 0.3) is 22.3 Å². The van der Waals surface area contributed by atoms with Crippen LogP contribution in [0.2, 0.25) is 0 Å². The molecule has 10 nitrogen and oxygen atoms in total. The van der Waals surface area contributed by atoms with Crippen molar-refractivity contribution in [2.75, 3.05) is 43.4 Å². The third-order valence-corrected chi connectivity index (χ3v) is 5.68. The summed E-state index contributed by atoms with van der Waals surface area (Å²) in [6.07, 6.45) is 0.221. The molecule has 1 aliphatic rings. The summed E-state index contributed by atoms with van der Waals surface area (Å²) < 4.78 is 13.3. The number of rotatable bonds is 6.